The summed E-state index contributed by atoms with van der Waals surface area (Å²) in [6.45, 7) is 4.94. The van der Waals surface area contributed by atoms with Gasteiger partial charge in [0.05, 0.1) is 34.4 Å². The van der Waals surface area contributed by atoms with Gasteiger partial charge in [-0.3, -0.25) is 9.59 Å². The van der Waals surface area contributed by atoms with E-state index in [4.69, 9.17) is 18.9 Å². The number of ether oxygens (including phenoxy) is 4. The Hall–Kier alpha value is -2.49. The van der Waals surface area contributed by atoms with E-state index in [-0.39, 0.29) is 38.2 Å². The van der Waals surface area contributed by atoms with Gasteiger partial charge in [-0.2, -0.15) is 0 Å². The van der Waals surface area contributed by atoms with Crippen molar-refractivity contribution < 1.29 is 42.9 Å². The van der Waals surface area contributed by atoms with Crippen LogP contribution in [0, 0.1) is 0 Å². The minimum atomic E-state index is -1.51. The Balaban J connectivity index is 4.05. The maximum atomic E-state index is 13.0. The van der Waals surface area contributed by atoms with Gasteiger partial charge in [-0.05, 0) is 51.4 Å². The third-order valence-electron chi connectivity index (χ3n) is 16.4. The van der Waals surface area contributed by atoms with E-state index in [2.05, 4.69) is 50.3 Å². The second kappa shape index (κ2) is 65.5. The molecule has 0 spiro atoms. The largest absolute Gasteiger partial charge is 0.477 e. The molecule has 1 N–H and O–H groups in total. The number of hydrogen-bond acceptors (Lipinski definition) is 7. The predicted molar refractivity (Wildman–Crippen MR) is 355 cm³/mol. The summed E-state index contributed by atoms with van der Waals surface area (Å²) in [5.41, 5.74) is 0. The smallest absolute Gasteiger partial charge is 0.361 e. The molecule has 0 saturated heterocycles. The molecule has 9 nitrogen and oxygen atoms in total. The summed E-state index contributed by atoms with van der Waals surface area (Å²) in [4.78, 5) is 37.6. The molecule has 0 aliphatic carbocycles. The molecule has 0 fully saturated rings. The SMILES string of the molecule is CCCCCCC/C=C\C/C=C\C/C=C\CCCCCCCCCCCCCCCCCCCCC(=O)OC(COC(=O)CCCCCCCCCCCCCCCCCCCCCCCCCCC)COC(OCC[N+](C)(C)C)C(=O)O. The highest BCUT2D eigenvalue weighted by Gasteiger charge is 2.25. The molecule has 0 aliphatic heterocycles. The van der Waals surface area contributed by atoms with Gasteiger partial charge in [-0.25, -0.2) is 4.79 Å². The van der Waals surface area contributed by atoms with Crippen LogP contribution in [0.3, 0.4) is 0 Å². The second-order valence-electron chi connectivity index (χ2n) is 25.9. The van der Waals surface area contributed by atoms with E-state index in [0.717, 1.165) is 51.4 Å². The maximum absolute atomic E-state index is 13.0. The number of carbonyl (C=O) groups excluding carboxylic acids is 2. The van der Waals surface area contributed by atoms with Crippen LogP contribution < -0.4 is 0 Å². The van der Waals surface area contributed by atoms with E-state index in [1.165, 1.54) is 283 Å². The van der Waals surface area contributed by atoms with Crippen LogP contribution in [-0.2, 0) is 33.3 Å². The van der Waals surface area contributed by atoms with E-state index in [1.54, 1.807) is 0 Å². The first-order chi connectivity index (χ1) is 40.6. The van der Waals surface area contributed by atoms with Crippen LogP contribution in [0.5, 0.6) is 0 Å². The third-order valence-corrected chi connectivity index (χ3v) is 16.4. The molecule has 0 rings (SSSR count). The number of carboxylic acids is 1. The van der Waals surface area contributed by atoms with Crippen LogP contribution in [0.15, 0.2) is 36.5 Å². The zero-order chi connectivity index (χ0) is 60.5. The zero-order valence-corrected chi connectivity index (χ0v) is 55.9. The molecular weight excluding hydrogens is 1030 g/mol. The molecule has 83 heavy (non-hydrogen) atoms. The first kappa shape index (κ1) is 80.5. The fourth-order valence-corrected chi connectivity index (χ4v) is 10.8. The van der Waals surface area contributed by atoms with E-state index >= 15 is 0 Å². The average molecular weight is 1170 g/mol. The first-order valence-electron chi connectivity index (χ1n) is 36.2. The Morgan fingerprint density at radius 3 is 0.964 bits per heavy atom. The van der Waals surface area contributed by atoms with Gasteiger partial charge in [-0.1, -0.05) is 333 Å². The molecule has 0 amide bonds. The molecule has 0 saturated carbocycles. The Morgan fingerprint density at radius 1 is 0.361 bits per heavy atom. The highest BCUT2D eigenvalue weighted by molar-refractivity contribution is 5.71. The summed E-state index contributed by atoms with van der Waals surface area (Å²) in [5, 5.41) is 9.75. The van der Waals surface area contributed by atoms with E-state index < -0.39 is 18.4 Å². The molecule has 0 radical (unpaired) electrons. The van der Waals surface area contributed by atoms with Crippen LogP contribution in [0.4, 0.5) is 0 Å². The summed E-state index contributed by atoms with van der Waals surface area (Å²) in [5.74, 6) is -1.97. The summed E-state index contributed by atoms with van der Waals surface area (Å²) in [6, 6.07) is 0. The number of aliphatic carboxylic acids is 1. The normalized spacial score (nSPS) is 12.8. The molecular formula is C74H140NO8+. The summed E-state index contributed by atoms with van der Waals surface area (Å²) < 4.78 is 23.0. The number of allylic oxidation sites excluding steroid dienone is 6. The number of rotatable bonds is 68. The van der Waals surface area contributed by atoms with Crippen molar-refractivity contribution in [2.45, 2.75) is 373 Å². The van der Waals surface area contributed by atoms with Crippen LogP contribution in [0.2, 0.25) is 0 Å². The number of nitrogens with zero attached hydrogens (tertiary/aromatic N) is 1. The van der Waals surface area contributed by atoms with Crippen molar-refractivity contribution in [2.24, 2.45) is 0 Å². The maximum Gasteiger partial charge on any atom is 0.361 e. The minimum Gasteiger partial charge on any atom is -0.477 e. The van der Waals surface area contributed by atoms with Crippen LogP contribution in [0.1, 0.15) is 361 Å². The zero-order valence-electron chi connectivity index (χ0n) is 55.9. The van der Waals surface area contributed by atoms with Gasteiger partial charge in [-0.15, -0.1) is 0 Å². The Labute approximate surface area is 515 Å². The van der Waals surface area contributed by atoms with Crippen LogP contribution >= 0.6 is 0 Å². The lowest BCUT2D eigenvalue weighted by Gasteiger charge is -2.25. The molecule has 0 bridgehead atoms. The number of esters is 2. The molecule has 2 atom stereocenters. The summed E-state index contributed by atoms with van der Waals surface area (Å²) in [6.07, 6.45) is 79.8. The number of carboxylic acid groups (broad SMARTS) is 1. The molecule has 488 valence electrons. The molecule has 0 aromatic carbocycles. The molecule has 0 aromatic heterocycles. The van der Waals surface area contributed by atoms with E-state index in [0.29, 0.717) is 17.4 Å². The van der Waals surface area contributed by atoms with Gasteiger partial charge >= 0.3 is 17.9 Å². The van der Waals surface area contributed by atoms with Gasteiger partial charge in [0.1, 0.15) is 13.2 Å². The van der Waals surface area contributed by atoms with Crippen LogP contribution in [-0.4, -0.2) is 87.4 Å². The standard InChI is InChI=1S/C74H139NO8/c1-6-8-10-12-14-16-18-20-22-24-26-28-30-32-33-34-35-36-37-38-39-41-43-45-47-49-51-53-55-57-59-61-63-65-72(77)83-70(69-82-74(73(78)79)80-67-66-75(3,4)5)68-81-71(76)64-62-60-58-56-54-52-50-48-46-44-42-40-31-29-27-25-23-21-19-17-15-13-11-9-7-2/h18,20,24,26,30,32,70,74H,6-17,19,21-23,25,27-29,31,33-69H2,1-5H3/p+1/b20-18-,26-24-,32-30-. The van der Waals surface area contributed by atoms with Gasteiger partial charge in [0.15, 0.2) is 6.10 Å². The fourth-order valence-electron chi connectivity index (χ4n) is 10.8. The Morgan fingerprint density at radius 2 is 0.651 bits per heavy atom. The second-order valence-corrected chi connectivity index (χ2v) is 25.9. The predicted octanol–water partition coefficient (Wildman–Crippen LogP) is 22.4. The topological polar surface area (TPSA) is 108 Å². The summed E-state index contributed by atoms with van der Waals surface area (Å²) >= 11 is 0. The number of carbonyl (C=O) groups is 3. The van der Waals surface area contributed by atoms with Gasteiger partial charge in [0.25, 0.3) is 6.29 Å². The quantitative estimate of drug-likeness (QED) is 0.0211. The molecule has 9 heteroatoms. The molecule has 0 aromatic rings. The average Bonchev–Trinajstić information content (AvgIpc) is 3.46. The van der Waals surface area contributed by atoms with Gasteiger partial charge in [0, 0.05) is 12.8 Å². The summed E-state index contributed by atoms with van der Waals surface area (Å²) in [7, 11) is 5.99. The molecule has 0 aliphatic rings. The minimum absolute atomic E-state index is 0.176. The van der Waals surface area contributed by atoms with Gasteiger partial charge in [0.2, 0.25) is 0 Å². The highest BCUT2D eigenvalue weighted by atomic mass is 16.7. The van der Waals surface area contributed by atoms with E-state index in [1.807, 2.05) is 21.1 Å². The third kappa shape index (κ3) is 66.9. The number of quaternary nitrogens is 1. The van der Waals surface area contributed by atoms with E-state index in [9.17, 15) is 19.5 Å². The number of likely N-dealkylation sites (N-methyl/N-ethyl adjacent to an activating group) is 1. The van der Waals surface area contributed by atoms with Crippen molar-refractivity contribution in [3.05, 3.63) is 36.5 Å². The lowest BCUT2D eigenvalue weighted by molar-refractivity contribution is -0.870. The monoisotopic (exact) mass is 1170 g/mol. The van der Waals surface area contributed by atoms with Crippen molar-refractivity contribution in [3.63, 3.8) is 0 Å². The highest BCUT2D eigenvalue weighted by Crippen LogP contribution is 2.19. The van der Waals surface area contributed by atoms with Crippen LogP contribution in [0.25, 0.3) is 0 Å². The van der Waals surface area contributed by atoms with Crippen molar-refractivity contribution in [1.29, 1.82) is 0 Å². The number of unbranched alkanes of at least 4 members (excludes halogenated alkanes) is 47. The van der Waals surface area contributed by atoms with Crippen molar-refractivity contribution in [2.75, 3.05) is 47.5 Å². The van der Waals surface area contributed by atoms with Crippen molar-refractivity contribution in [3.8, 4) is 0 Å². The Kier molecular flexibility index (Phi) is 63.5. The first-order valence-corrected chi connectivity index (χ1v) is 36.2. The Bertz CT molecular complexity index is 1450. The molecule has 2 unspecified atom stereocenters. The van der Waals surface area contributed by atoms with Crippen molar-refractivity contribution >= 4 is 17.9 Å². The fraction of sp³-hybridized carbons (Fsp3) is 0.878. The molecule has 0 heterocycles. The van der Waals surface area contributed by atoms with Gasteiger partial charge < -0.3 is 28.5 Å². The van der Waals surface area contributed by atoms with Crippen molar-refractivity contribution in [1.82, 2.24) is 0 Å². The lowest BCUT2D eigenvalue weighted by Crippen LogP contribution is -2.40. The lowest BCUT2D eigenvalue weighted by atomic mass is 10.0. The number of hydrogen-bond donors (Lipinski definition) is 1.